The van der Waals surface area contributed by atoms with Crippen LogP contribution in [0.3, 0.4) is 0 Å². The van der Waals surface area contributed by atoms with Crippen molar-refractivity contribution in [3.63, 3.8) is 0 Å². The lowest BCUT2D eigenvalue weighted by molar-refractivity contribution is -0.0678. The lowest BCUT2D eigenvalue weighted by atomic mass is 9.58. The lowest BCUT2D eigenvalue weighted by Gasteiger charge is -2.49. The van der Waals surface area contributed by atoms with Crippen LogP contribution in [0, 0.1) is 0 Å². The van der Waals surface area contributed by atoms with Crippen LogP contribution < -0.4 is 10.6 Å². The number of nitrogens with zero attached hydrogens (tertiary/aromatic N) is 2. The van der Waals surface area contributed by atoms with Gasteiger partial charge in [-0.2, -0.15) is 0 Å². The van der Waals surface area contributed by atoms with Gasteiger partial charge in [-0.1, -0.05) is 6.92 Å². The molecule has 3 saturated carbocycles. The number of H-pyrrole nitrogens is 1. The minimum atomic E-state index is -0.410. The van der Waals surface area contributed by atoms with Crippen molar-refractivity contribution in [2.75, 3.05) is 18.4 Å². The Hall–Kier alpha value is -1.56. The van der Waals surface area contributed by atoms with Crippen molar-refractivity contribution in [3.05, 3.63) is 11.5 Å². The average Bonchev–Trinajstić information content (AvgIpc) is 3.20. The Morgan fingerprint density at radius 3 is 2.50 bits per heavy atom. The molecule has 0 unspecified atom stereocenters. The molecule has 4 aliphatic rings. The Bertz CT molecular complexity index is 625. The van der Waals surface area contributed by atoms with E-state index in [4.69, 9.17) is 9.98 Å². The molecule has 1 aromatic heterocycles. The topological polar surface area (TPSA) is 85.3 Å². The maximum atomic E-state index is 10.5. The molecule has 1 aliphatic heterocycles. The van der Waals surface area contributed by atoms with Crippen molar-refractivity contribution in [3.8, 4) is 0 Å². The van der Waals surface area contributed by atoms with Gasteiger partial charge in [-0.05, 0) is 51.9 Å². The third-order valence-electron chi connectivity index (χ3n) is 6.11. The van der Waals surface area contributed by atoms with Crippen LogP contribution in [0.25, 0.3) is 0 Å². The van der Waals surface area contributed by atoms with Gasteiger partial charge in [0.2, 0.25) is 0 Å². The van der Waals surface area contributed by atoms with E-state index < -0.39 is 5.60 Å². The molecule has 1 aromatic rings. The molecular weight excluding hydrogens is 302 g/mol. The number of hydrogen-bond donors (Lipinski definition) is 4. The van der Waals surface area contributed by atoms with Crippen molar-refractivity contribution in [2.24, 2.45) is 4.99 Å². The molecule has 4 N–H and O–H groups in total. The van der Waals surface area contributed by atoms with Crippen LogP contribution in [-0.4, -0.2) is 45.6 Å². The number of anilines is 1. The minimum absolute atomic E-state index is 0.107. The molecular formula is C18H29N5O. The van der Waals surface area contributed by atoms with Crippen LogP contribution in [0.4, 0.5) is 5.82 Å². The fourth-order valence-electron chi connectivity index (χ4n) is 4.40. The zero-order valence-electron chi connectivity index (χ0n) is 14.8. The van der Waals surface area contributed by atoms with E-state index in [1.54, 1.807) is 0 Å². The zero-order valence-corrected chi connectivity index (χ0v) is 14.8. The maximum absolute atomic E-state index is 10.5. The van der Waals surface area contributed by atoms with E-state index in [2.05, 4.69) is 29.5 Å². The number of rotatable bonds is 5. The highest BCUT2D eigenvalue weighted by Gasteiger charge is 2.50. The van der Waals surface area contributed by atoms with Gasteiger partial charge in [0.05, 0.1) is 11.6 Å². The molecule has 2 bridgehead atoms. The molecule has 6 heteroatoms. The summed E-state index contributed by atoms with van der Waals surface area (Å²) in [5, 5.41) is 17.3. The third-order valence-corrected chi connectivity index (χ3v) is 6.11. The summed E-state index contributed by atoms with van der Waals surface area (Å²) in [5.74, 6) is 2.94. The number of hydrogen-bond acceptors (Lipinski definition) is 5. The SMILES string of the molecule is CCCNc1nc(C23CCC(O)(CC2)CC3)[nH]c1C1=N[C@H](C)CN1. The Morgan fingerprint density at radius 1 is 1.21 bits per heavy atom. The second kappa shape index (κ2) is 5.76. The van der Waals surface area contributed by atoms with Gasteiger partial charge in [0.1, 0.15) is 17.4 Å². The summed E-state index contributed by atoms with van der Waals surface area (Å²) in [6.45, 7) is 6.08. The molecule has 132 valence electrons. The average molecular weight is 331 g/mol. The Kier molecular flexibility index (Phi) is 3.82. The standard InChI is InChI=1S/C18H29N5O/c1-3-10-19-14-13(15-20-11-12(2)21-15)22-16(23-14)17-4-7-18(24,8-5-17)9-6-17/h12,19,24H,3-11H2,1-2H3,(H,20,21)(H,22,23)/t12-,17?,18?/m1/s1. The smallest absolute Gasteiger partial charge is 0.155 e. The van der Waals surface area contributed by atoms with Crippen LogP contribution in [-0.2, 0) is 5.41 Å². The first-order chi connectivity index (χ1) is 11.5. The van der Waals surface area contributed by atoms with Crippen LogP contribution in [0.2, 0.25) is 0 Å². The van der Waals surface area contributed by atoms with Crippen LogP contribution >= 0.6 is 0 Å². The van der Waals surface area contributed by atoms with Gasteiger partial charge in [0, 0.05) is 18.5 Å². The Balaban J connectivity index is 1.67. The van der Waals surface area contributed by atoms with E-state index in [0.29, 0.717) is 6.04 Å². The molecule has 0 radical (unpaired) electrons. The van der Waals surface area contributed by atoms with E-state index in [0.717, 1.165) is 81.2 Å². The van der Waals surface area contributed by atoms with Gasteiger partial charge in [-0.15, -0.1) is 0 Å². The number of aromatic nitrogens is 2. The summed E-state index contributed by atoms with van der Waals surface area (Å²) in [6.07, 6.45) is 6.85. The summed E-state index contributed by atoms with van der Waals surface area (Å²) in [6, 6.07) is 0.309. The molecule has 0 aromatic carbocycles. The molecule has 2 heterocycles. The van der Waals surface area contributed by atoms with Gasteiger partial charge in [-0.3, -0.25) is 4.99 Å². The fraction of sp³-hybridized carbons (Fsp3) is 0.778. The molecule has 0 amide bonds. The van der Waals surface area contributed by atoms with E-state index in [9.17, 15) is 5.11 Å². The normalized spacial score (nSPS) is 35.0. The van der Waals surface area contributed by atoms with Gasteiger partial charge in [-0.25, -0.2) is 4.98 Å². The molecule has 5 rings (SSSR count). The van der Waals surface area contributed by atoms with Crippen molar-refractivity contribution in [1.29, 1.82) is 0 Å². The van der Waals surface area contributed by atoms with E-state index in [1.165, 1.54) is 0 Å². The van der Waals surface area contributed by atoms with Crippen LogP contribution in [0.15, 0.2) is 4.99 Å². The summed E-state index contributed by atoms with van der Waals surface area (Å²) >= 11 is 0. The minimum Gasteiger partial charge on any atom is -0.390 e. The monoisotopic (exact) mass is 331 g/mol. The maximum Gasteiger partial charge on any atom is 0.155 e. The number of aromatic amines is 1. The first-order valence-corrected chi connectivity index (χ1v) is 9.42. The van der Waals surface area contributed by atoms with E-state index >= 15 is 0 Å². The molecule has 0 spiro atoms. The molecule has 3 fully saturated rings. The van der Waals surface area contributed by atoms with Crippen molar-refractivity contribution in [1.82, 2.24) is 15.3 Å². The second-order valence-electron chi connectivity index (χ2n) is 7.95. The highest BCUT2D eigenvalue weighted by Crippen LogP contribution is 2.53. The predicted molar refractivity (Wildman–Crippen MR) is 95.7 cm³/mol. The molecule has 6 nitrogen and oxygen atoms in total. The molecule has 1 atom stereocenters. The molecule has 0 saturated heterocycles. The number of imidazole rings is 1. The van der Waals surface area contributed by atoms with Crippen LogP contribution in [0.1, 0.15) is 70.3 Å². The van der Waals surface area contributed by atoms with Gasteiger partial charge in [0.25, 0.3) is 0 Å². The lowest BCUT2D eigenvalue weighted by Crippen LogP contribution is -2.48. The van der Waals surface area contributed by atoms with Gasteiger partial charge < -0.3 is 20.7 Å². The first-order valence-electron chi connectivity index (χ1n) is 9.42. The quantitative estimate of drug-likeness (QED) is 0.667. The number of aliphatic imine (C=N–C) groups is 1. The summed E-state index contributed by atoms with van der Waals surface area (Å²) in [5.41, 5.74) is 0.701. The third kappa shape index (κ3) is 2.61. The van der Waals surface area contributed by atoms with Crippen molar-refractivity contribution >= 4 is 11.7 Å². The number of amidine groups is 1. The fourth-order valence-corrected chi connectivity index (χ4v) is 4.40. The molecule has 24 heavy (non-hydrogen) atoms. The van der Waals surface area contributed by atoms with E-state index in [1.807, 2.05) is 0 Å². The first kappa shape index (κ1) is 15.9. The van der Waals surface area contributed by atoms with Crippen molar-refractivity contribution < 1.29 is 5.11 Å². The number of nitrogens with one attached hydrogen (secondary N) is 3. The van der Waals surface area contributed by atoms with Crippen molar-refractivity contribution in [2.45, 2.75) is 75.9 Å². The van der Waals surface area contributed by atoms with E-state index in [-0.39, 0.29) is 5.41 Å². The molecule has 3 aliphatic carbocycles. The largest absolute Gasteiger partial charge is 0.390 e. The summed E-state index contributed by atoms with van der Waals surface area (Å²) in [7, 11) is 0. The second-order valence-corrected chi connectivity index (χ2v) is 7.95. The predicted octanol–water partition coefficient (Wildman–Crippen LogP) is 2.31. The number of aliphatic hydroxyl groups is 1. The van der Waals surface area contributed by atoms with Crippen LogP contribution in [0.5, 0.6) is 0 Å². The summed E-state index contributed by atoms with van der Waals surface area (Å²) in [4.78, 5) is 13.3. The Labute approximate surface area is 143 Å². The van der Waals surface area contributed by atoms with Gasteiger partial charge >= 0.3 is 0 Å². The zero-order chi connectivity index (χ0) is 16.8. The summed E-state index contributed by atoms with van der Waals surface area (Å²) < 4.78 is 0. The van der Waals surface area contributed by atoms with Gasteiger partial charge in [0.15, 0.2) is 5.82 Å². The number of fused-ring (bicyclic) bond motifs is 3. The highest BCUT2D eigenvalue weighted by molar-refractivity contribution is 6.02. The Morgan fingerprint density at radius 2 is 1.92 bits per heavy atom. The highest BCUT2D eigenvalue weighted by atomic mass is 16.3.